The summed E-state index contributed by atoms with van der Waals surface area (Å²) in [5.41, 5.74) is 2.85. The molecule has 0 saturated carbocycles. The lowest BCUT2D eigenvalue weighted by Crippen LogP contribution is -2.61. The molecule has 180 valence electrons. The lowest BCUT2D eigenvalue weighted by Gasteiger charge is -2.54. The summed E-state index contributed by atoms with van der Waals surface area (Å²) in [4.78, 5) is 39.5. The van der Waals surface area contributed by atoms with Crippen molar-refractivity contribution in [3.63, 3.8) is 0 Å². The van der Waals surface area contributed by atoms with Crippen molar-refractivity contribution in [2.75, 3.05) is 18.0 Å². The highest BCUT2D eigenvalue weighted by atomic mass is 16.6. The zero-order valence-corrected chi connectivity index (χ0v) is 19.1. The molecule has 3 aromatic rings. The maximum absolute atomic E-state index is 13.5. The van der Waals surface area contributed by atoms with Crippen molar-refractivity contribution in [2.45, 2.75) is 37.8 Å². The number of anilines is 1. The van der Waals surface area contributed by atoms with Gasteiger partial charge >= 0.3 is 0 Å². The molecule has 0 unspecified atom stereocenters. The molecule has 2 bridgehead atoms. The number of nitro benzene ring substituents is 1. The molecule has 9 nitrogen and oxygen atoms in total. The van der Waals surface area contributed by atoms with E-state index in [-0.39, 0.29) is 40.9 Å². The molecule has 6 rings (SSSR count). The molecule has 0 aliphatic carbocycles. The third kappa shape index (κ3) is 3.71. The number of nitrogens with one attached hydrogen (secondary N) is 1. The van der Waals surface area contributed by atoms with Crippen molar-refractivity contribution >= 4 is 17.3 Å². The molecule has 0 spiro atoms. The molecule has 1 amide bonds. The Bertz CT molecular complexity index is 1350. The van der Waals surface area contributed by atoms with Crippen LogP contribution in [0.2, 0.25) is 0 Å². The number of nitro groups is 1. The lowest BCUT2D eigenvalue weighted by molar-refractivity contribution is -0.384. The van der Waals surface area contributed by atoms with Crippen LogP contribution in [0.25, 0.3) is 0 Å². The van der Waals surface area contributed by atoms with Crippen LogP contribution in [-0.2, 0) is 24.2 Å². The number of hydrogen-bond donors (Lipinski definition) is 1. The molecule has 1 N–H and O–H groups in total. The monoisotopic (exact) mass is 474 g/mol. The predicted molar refractivity (Wildman–Crippen MR) is 128 cm³/mol. The van der Waals surface area contributed by atoms with Crippen LogP contribution in [0.3, 0.4) is 0 Å². The normalized spacial score (nSPS) is 24.2. The fourth-order valence-corrected chi connectivity index (χ4v) is 6.35. The van der Waals surface area contributed by atoms with Crippen molar-refractivity contribution in [1.82, 2.24) is 9.88 Å². The van der Waals surface area contributed by atoms with E-state index in [4.69, 9.17) is 4.42 Å². The Morgan fingerprint density at radius 3 is 2.86 bits per heavy atom. The largest absolute Gasteiger partial charge is 0.469 e. The van der Waals surface area contributed by atoms with Crippen molar-refractivity contribution < 1.29 is 14.1 Å². The first kappa shape index (κ1) is 21.6. The second-order valence-electron chi connectivity index (χ2n) is 9.74. The number of nitrogens with zero attached hydrogens (tertiary/aromatic N) is 3. The topological polar surface area (TPSA) is 111 Å². The van der Waals surface area contributed by atoms with Crippen LogP contribution in [0, 0.1) is 22.0 Å². The summed E-state index contributed by atoms with van der Waals surface area (Å²) in [6.07, 6.45) is 3.56. The summed E-state index contributed by atoms with van der Waals surface area (Å²) in [5.74, 6) is 0.676. The van der Waals surface area contributed by atoms with E-state index in [1.165, 1.54) is 0 Å². The minimum atomic E-state index is -0.390. The van der Waals surface area contributed by atoms with Gasteiger partial charge < -0.3 is 19.2 Å². The Morgan fingerprint density at radius 2 is 2.06 bits per heavy atom. The summed E-state index contributed by atoms with van der Waals surface area (Å²) in [7, 11) is 0. The summed E-state index contributed by atoms with van der Waals surface area (Å²) in [5, 5.41) is 14.5. The number of carbonyl (C=O) groups excluding carboxylic acids is 1. The first-order valence-corrected chi connectivity index (χ1v) is 12.0. The van der Waals surface area contributed by atoms with E-state index in [0.29, 0.717) is 32.5 Å². The Hall–Kier alpha value is -3.88. The number of rotatable bonds is 5. The van der Waals surface area contributed by atoms with Gasteiger partial charge in [0.1, 0.15) is 5.76 Å². The van der Waals surface area contributed by atoms with Crippen LogP contribution in [0.5, 0.6) is 0 Å². The number of aromatic nitrogens is 1. The summed E-state index contributed by atoms with van der Waals surface area (Å²) in [6.45, 7) is 1.70. The van der Waals surface area contributed by atoms with E-state index in [1.54, 1.807) is 24.5 Å². The first-order valence-electron chi connectivity index (χ1n) is 12.0. The number of non-ortho nitro benzene ring substituents is 1. The van der Waals surface area contributed by atoms with Gasteiger partial charge in [0.05, 0.1) is 17.1 Å². The molecule has 4 atom stereocenters. The van der Waals surface area contributed by atoms with E-state index in [0.717, 1.165) is 29.1 Å². The maximum Gasteiger partial charge on any atom is 0.269 e. The van der Waals surface area contributed by atoms with E-state index >= 15 is 0 Å². The number of fused-ring (bicyclic) bond motifs is 8. The van der Waals surface area contributed by atoms with Gasteiger partial charge in [-0.05, 0) is 48.6 Å². The molecule has 3 aliphatic heterocycles. The minimum absolute atomic E-state index is 0.00284. The fraction of sp³-hybridized carbons (Fsp3) is 0.385. The van der Waals surface area contributed by atoms with Gasteiger partial charge in [-0.3, -0.25) is 19.7 Å². The Kier molecular flexibility index (Phi) is 5.20. The smallest absolute Gasteiger partial charge is 0.269 e. The van der Waals surface area contributed by atoms with Crippen molar-refractivity contribution in [3.05, 3.63) is 92.3 Å². The van der Waals surface area contributed by atoms with Gasteiger partial charge in [-0.2, -0.15) is 0 Å². The van der Waals surface area contributed by atoms with E-state index in [9.17, 15) is 19.7 Å². The van der Waals surface area contributed by atoms with Gasteiger partial charge in [0.15, 0.2) is 0 Å². The van der Waals surface area contributed by atoms with Gasteiger partial charge in [0.25, 0.3) is 11.2 Å². The zero-order valence-electron chi connectivity index (χ0n) is 19.1. The number of amides is 1. The summed E-state index contributed by atoms with van der Waals surface area (Å²) >= 11 is 0. The van der Waals surface area contributed by atoms with E-state index in [2.05, 4.69) is 10.2 Å². The molecular formula is C26H26N4O5. The molecule has 1 aromatic carbocycles. The van der Waals surface area contributed by atoms with Crippen LogP contribution in [0.15, 0.2) is 64.0 Å². The number of hydrogen-bond acceptors (Lipinski definition) is 6. The molecule has 2 aromatic heterocycles. The molecular weight excluding hydrogens is 448 g/mol. The molecule has 35 heavy (non-hydrogen) atoms. The summed E-state index contributed by atoms with van der Waals surface area (Å²) < 4.78 is 7.24. The number of furan rings is 1. The Labute approximate surface area is 201 Å². The fourth-order valence-electron chi connectivity index (χ4n) is 6.35. The van der Waals surface area contributed by atoms with Crippen molar-refractivity contribution in [2.24, 2.45) is 11.8 Å². The highest BCUT2D eigenvalue weighted by Crippen LogP contribution is 2.47. The van der Waals surface area contributed by atoms with E-state index < -0.39 is 4.92 Å². The highest BCUT2D eigenvalue weighted by Gasteiger charge is 2.49. The highest BCUT2D eigenvalue weighted by molar-refractivity contribution is 5.82. The van der Waals surface area contributed by atoms with Gasteiger partial charge in [-0.25, -0.2) is 0 Å². The van der Waals surface area contributed by atoms with Gasteiger partial charge in [-0.1, -0.05) is 6.07 Å². The maximum atomic E-state index is 13.5. The molecule has 1 saturated heterocycles. The molecule has 3 aliphatic rings. The predicted octanol–water partition coefficient (Wildman–Crippen LogP) is 2.87. The average Bonchev–Trinajstić information content (AvgIpc) is 3.37. The van der Waals surface area contributed by atoms with Crippen LogP contribution in [-0.4, -0.2) is 34.5 Å². The van der Waals surface area contributed by atoms with Gasteiger partial charge in [0.2, 0.25) is 5.91 Å². The van der Waals surface area contributed by atoms with Crippen LogP contribution in [0.4, 0.5) is 11.4 Å². The van der Waals surface area contributed by atoms with Crippen molar-refractivity contribution in [1.29, 1.82) is 0 Å². The van der Waals surface area contributed by atoms with Gasteiger partial charge in [0, 0.05) is 67.6 Å². The SMILES string of the molecule is O=C(NCCc1ccco1)[C@@H]1Cc2cc([N+](=O)[O-])ccc2N2C[C@@H]3C[C@@H](Cn4c3cccc4=O)[C@@H]12. The van der Waals surface area contributed by atoms with Crippen LogP contribution < -0.4 is 15.8 Å². The van der Waals surface area contributed by atoms with E-state index in [1.807, 2.05) is 34.9 Å². The number of benzene rings is 1. The average molecular weight is 475 g/mol. The molecule has 5 heterocycles. The first-order chi connectivity index (χ1) is 17.0. The number of pyridine rings is 1. The third-order valence-corrected chi connectivity index (χ3v) is 7.79. The Balaban J connectivity index is 1.35. The zero-order chi connectivity index (χ0) is 24.1. The lowest BCUT2D eigenvalue weighted by atomic mass is 9.70. The minimum Gasteiger partial charge on any atom is -0.469 e. The quantitative estimate of drug-likeness (QED) is 0.450. The van der Waals surface area contributed by atoms with Crippen LogP contribution >= 0.6 is 0 Å². The summed E-state index contributed by atoms with van der Waals surface area (Å²) in [6, 6.07) is 14.0. The Morgan fingerprint density at radius 1 is 1.17 bits per heavy atom. The number of piperidine rings is 1. The number of carbonyl (C=O) groups is 1. The molecule has 9 heteroatoms. The third-order valence-electron chi connectivity index (χ3n) is 7.79. The van der Waals surface area contributed by atoms with Crippen molar-refractivity contribution in [3.8, 4) is 0 Å². The van der Waals surface area contributed by atoms with Gasteiger partial charge in [-0.15, -0.1) is 0 Å². The molecule has 0 radical (unpaired) electrons. The van der Waals surface area contributed by atoms with Crippen LogP contribution in [0.1, 0.15) is 29.4 Å². The second-order valence-corrected chi connectivity index (χ2v) is 9.74. The standard InChI is InChI=1S/C26H26N4O5/c31-24-5-1-4-22-17-11-18(15-28(22)24)25-21(26(32)27-9-8-20-3-2-10-35-20)13-16-12-19(30(33)34)6-7-23(16)29(25)14-17/h1-7,10,12,17-18,21,25H,8-9,11,13-15H2,(H,27,32)/t17-,18-,21+,25-/m0/s1. The molecule has 1 fully saturated rings. The second kappa shape index (κ2) is 8.41.